The second kappa shape index (κ2) is 10.0. The van der Waals surface area contributed by atoms with Crippen molar-refractivity contribution in [1.29, 1.82) is 0 Å². The second-order valence-corrected chi connectivity index (χ2v) is 7.25. The summed E-state index contributed by atoms with van der Waals surface area (Å²) in [6.45, 7) is 0.982. The molecule has 1 saturated heterocycles. The van der Waals surface area contributed by atoms with E-state index in [2.05, 4.69) is 20.2 Å². The maximum Gasteiger partial charge on any atom is 0.303 e. The van der Waals surface area contributed by atoms with Gasteiger partial charge in [0.1, 0.15) is 18.0 Å². The number of hydrogen-bond donors (Lipinski definition) is 3. The SMILES string of the molecule is O=C(O)CCC(Cc1ccccc1)Nc1cc(N2CCCCC2CO)ncn1. The summed E-state index contributed by atoms with van der Waals surface area (Å²) < 4.78 is 0. The van der Waals surface area contributed by atoms with E-state index in [1.165, 1.54) is 6.33 Å². The molecule has 150 valence electrons. The molecule has 3 rings (SSSR count). The Kier molecular flexibility index (Phi) is 7.19. The van der Waals surface area contributed by atoms with E-state index in [4.69, 9.17) is 5.11 Å². The summed E-state index contributed by atoms with van der Waals surface area (Å²) >= 11 is 0. The smallest absolute Gasteiger partial charge is 0.303 e. The van der Waals surface area contributed by atoms with Gasteiger partial charge in [0.15, 0.2) is 0 Å². The molecule has 1 aromatic heterocycles. The van der Waals surface area contributed by atoms with Crippen LogP contribution >= 0.6 is 0 Å². The Labute approximate surface area is 165 Å². The molecule has 2 atom stereocenters. The molecule has 7 heteroatoms. The number of anilines is 2. The van der Waals surface area contributed by atoms with Crippen molar-refractivity contribution in [2.45, 2.75) is 50.6 Å². The molecule has 1 aliphatic heterocycles. The minimum Gasteiger partial charge on any atom is -0.481 e. The largest absolute Gasteiger partial charge is 0.481 e. The summed E-state index contributed by atoms with van der Waals surface area (Å²) in [7, 11) is 0. The van der Waals surface area contributed by atoms with Crippen LogP contribution in [0.25, 0.3) is 0 Å². The van der Waals surface area contributed by atoms with Gasteiger partial charge in [-0.3, -0.25) is 4.79 Å². The van der Waals surface area contributed by atoms with Crippen molar-refractivity contribution in [3.8, 4) is 0 Å². The number of nitrogens with one attached hydrogen (secondary N) is 1. The Morgan fingerprint density at radius 1 is 1.25 bits per heavy atom. The molecular formula is C21H28N4O3. The number of carbonyl (C=O) groups is 1. The minimum atomic E-state index is -0.803. The van der Waals surface area contributed by atoms with Crippen LogP contribution in [0, 0.1) is 0 Å². The Bertz CT molecular complexity index is 756. The van der Waals surface area contributed by atoms with Crippen molar-refractivity contribution < 1.29 is 15.0 Å². The van der Waals surface area contributed by atoms with Gasteiger partial charge in [0, 0.05) is 25.1 Å². The maximum atomic E-state index is 11.1. The van der Waals surface area contributed by atoms with Gasteiger partial charge in [0.25, 0.3) is 0 Å². The summed E-state index contributed by atoms with van der Waals surface area (Å²) in [6.07, 6.45) is 6.00. The summed E-state index contributed by atoms with van der Waals surface area (Å²) in [6, 6.07) is 12.0. The lowest BCUT2D eigenvalue weighted by molar-refractivity contribution is -0.137. The number of piperidine rings is 1. The average Bonchev–Trinajstić information content (AvgIpc) is 2.73. The molecule has 1 aromatic carbocycles. The number of aliphatic hydroxyl groups excluding tert-OH is 1. The number of aromatic nitrogens is 2. The van der Waals surface area contributed by atoms with E-state index in [1.807, 2.05) is 36.4 Å². The van der Waals surface area contributed by atoms with E-state index in [-0.39, 0.29) is 25.1 Å². The van der Waals surface area contributed by atoms with Crippen molar-refractivity contribution in [3.63, 3.8) is 0 Å². The van der Waals surface area contributed by atoms with Crippen LogP contribution in [0.15, 0.2) is 42.7 Å². The van der Waals surface area contributed by atoms with Crippen molar-refractivity contribution >= 4 is 17.6 Å². The van der Waals surface area contributed by atoms with Gasteiger partial charge in [-0.05, 0) is 37.7 Å². The molecular weight excluding hydrogens is 356 g/mol. The Balaban J connectivity index is 1.73. The number of carboxylic acid groups (broad SMARTS) is 1. The molecule has 1 fully saturated rings. The fourth-order valence-electron chi connectivity index (χ4n) is 3.71. The van der Waals surface area contributed by atoms with Crippen LogP contribution in [0.4, 0.5) is 11.6 Å². The van der Waals surface area contributed by atoms with Crippen LogP contribution in [0.5, 0.6) is 0 Å². The lowest BCUT2D eigenvalue weighted by Gasteiger charge is -2.35. The van der Waals surface area contributed by atoms with Gasteiger partial charge in [-0.1, -0.05) is 30.3 Å². The Morgan fingerprint density at radius 2 is 2.07 bits per heavy atom. The Hall–Kier alpha value is -2.67. The number of benzene rings is 1. The van der Waals surface area contributed by atoms with E-state index < -0.39 is 5.97 Å². The summed E-state index contributed by atoms with van der Waals surface area (Å²) in [4.78, 5) is 21.9. The number of hydrogen-bond acceptors (Lipinski definition) is 6. The van der Waals surface area contributed by atoms with Gasteiger partial charge >= 0.3 is 5.97 Å². The van der Waals surface area contributed by atoms with E-state index >= 15 is 0 Å². The molecule has 0 saturated carbocycles. The molecule has 2 aromatic rings. The first-order valence-corrected chi connectivity index (χ1v) is 9.87. The van der Waals surface area contributed by atoms with Crippen LogP contribution in [0.2, 0.25) is 0 Å². The van der Waals surface area contributed by atoms with Gasteiger partial charge in [-0.2, -0.15) is 0 Å². The number of aliphatic hydroxyl groups is 1. The Morgan fingerprint density at radius 3 is 2.82 bits per heavy atom. The van der Waals surface area contributed by atoms with Crippen molar-refractivity contribution in [1.82, 2.24) is 9.97 Å². The first kappa shape index (κ1) is 20.1. The molecule has 7 nitrogen and oxygen atoms in total. The predicted molar refractivity (Wildman–Crippen MR) is 109 cm³/mol. The molecule has 0 spiro atoms. The van der Waals surface area contributed by atoms with Crippen LogP contribution in [0.3, 0.4) is 0 Å². The number of carboxylic acids is 1. The lowest BCUT2D eigenvalue weighted by Crippen LogP contribution is -2.42. The number of aliphatic carboxylic acids is 1. The highest BCUT2D eigenvalue weighted by Crippen LogP contribution is 2.24. The van der Waals surface area contributed by atoms with E-state index in [9.17, 15) is 9.90 Å². The second-order valence-electron chi connectivity index (χ2n) is 7.25. The highest BCUT2D eigenvalue weighted by Gasteiger charge is 2.23. The molecule has 3 N–H and O–H groups in total. The van der Waals surface area contributed by atoms with Gasteiger partial charge in [-0.25, -0.2) is 9.97 Å². The fourth-order valence-corrected chi connectivity index (χ4v) is 3.71. The van der Waals surface area contributed by atoms with Crippen LogP contribution in [-0.4, -0.2) is 51.4 Å². The van der Waals surface area contributed by atoms with Crippen molar-refractivity contribution in [3.05, 3.63) is 48.3 Å². The van der Waals surface area contributed by atoms with Crippen LogP contribution in [-0.2, 0) is 11.2 Å². The van der Waals surface area contributed by atoms with Gasteiger partial charge in [0.2, 0.25) is 0 Å². The molecule has 2 heterocycles. The third-order valence-electron chi connectivity index (χ3n) is 5.17. The lowest BCUT2D eigenvalue weighted by atomic mass is 10.0. The summed E-state index contributed by atoms with van der Waals surface area (Å²) in [5.74, 6) is 0.675. The van der Waals surface area contributed by atoms with Gasteiger partial charge < -0.3 is 20.4 Å². The third-order valence-corrected chi connectivity index (χ3v) is 5.17. The molecule has 0 radical (unpaired) electrons. The molecule has 2 unspecified atom stereocenters. The topological polar surface area (TPSA) is 98.6 Å². The maximum absolute atomic E-state index is 11.1. The van der Waals surface area contributed by atoms with Gasteiger partial charge in [0.05, 0.1) is 12.6 Å². The van der Waals surface area contributed by atoms with E-state index in [1.54, 1.807) is 0 Å². The average molecular weight is 384 g/mol. The van der Waals surface area contributed by atoms with E-state index in [0.29, 0.717) is 12.2 Å². The first-order valence-electron chi connectivity index (χ1n) is 9.87. The van der Waals surface area contributed by atoms with Crippen LogP contribution in [0.1, 0.15) is 37.7 Å². The zero-order chi connectivity index (χ0) is 19.8. The van der Waals surface area contributed by atoms with Gasteiger partial charge in [-0.15, -0.1) is 0 Å². The highest BCUT2D eigenvalue weighted by molar-refractivity contribution is 5.66. The molecule has 0 bridgehead atoms. The predicted octanol–water partition coefficient (Wildman–Crippen LogP) is 2.72. The third kappa shape index (κ3) is 5.66. The summed E-state index contributed by atoms with van der Waals surface area (Å²) in [5, 5.41) is 22.1. The molecule has 0 aliphatic carbocycles. The first-order chi connectivity index (χ1) is 13.7. The highest BCUT2D eigenvalue weighted by atomic mass is 16.4. The van der Waals surface area contributed by atoms with Crippen molar-refractivity contribution in [2.75, 3.05) is 23.4 Å². The normalized spacial score (nSPS) is 17.9. The minimum absolute atomic E-state index is 0.0451. The number of rotatable bonds is 9. The van der Waals surface area contributed by atoms with E-state index in [0.717, 1.165) is 43.6 Å². The van der Waals surface area contributed by atoms with Crippen LogP contribution < -0.4 is 10.2 Å². The summed E-state index contributed by atoms with van der Waals surface area (Å²) in [5.41, 5.74) is 1.15. The molecule has 1 aliphatic rings. The number of nitrogens with zero attached hydrogens (tertiary/aromatic N) is 3. The fraction of sp³-hybridized carbons (Fsp3) is 0.476. The zero-order valence-electron chi connectivity index (χ0n) is 16.0. The van der Waals surface area contributed by atoms with Crippen molar-refractivity contribution in [2.24, 2.45) is 0 Å². The quantitative estimate of drug-likeness (QED) is 0.611. The standard InChI is InChI=1S/C21H28N4O3/c26-14-18-8-4-5-11-25(18)20-13-19(22-15-23-20)24-17(9-10-21(27)28)12-16-6-2-1-3-7-16/h1-3,6-7,13,15,17-18,26H,4-5,8-12,14H2,(H,27,28)(H,22,23,24). The zero-order valence-corrected chi connectivity index (χ0v) is 16.0. The molecule has 0 amide bonds. The monoisotopic (exact) mass is 384 g/mol. The molecule has 28 heavy (non-hydrogen) atoms.